The molecule has 0 unspecified atom stereocenters. The van der Waals surface area contributed by atoms with Gasteiger partial charge in [-0.1, -0.05) is 17.3 Å². The van der Waals surface area contributed by atoms with Gasteiger partial charge in [0.05, 0.1) is 5.92 Å². The Morgan fingerprint density at radius 2 is 1.97 bits per heavy atom. The second-order valence-electron chi connectivity index (χ2n) is 7.00. The molecule has 1 fully saturated rings. The van der Waals surface area contributed by atoms with E-state index in [-0.39, 0.29) is 42.2 Å². The Bertz CT molecular complexity index is 1000. The summed E-state index contributed by atoms with van der Waals surface area (Å²) in [5.41, 5.74) is 6.57. The number of esters is 1. The van der Waals surface area contributed by atoms with Crippen molar-refractivity contribution in [3.05, 3.63) is 46.8 Å². The summed E-state index contributed by atoms with van der Waals surface area (Å²) >= 11 is 0. The van der Waals surface area contributed by atoms with E-state index in [0.29, 0.717) is 29.7 Å². The molecule has 2 aromatic rings. The van der Waals surface area contributed by atoms with Gasteiger partial charge in [-0.25, -0.2) is 8.42 Å². The minimum atomic E-state index is -3.72. The molecule has 0 bridgehead atoms. The van der Waals surface area contributed by atoms with Crippen LogP contribution < -0.4 is 5.73 Å². The molecular formula is C19H23N3O6S. The van der Waals surface area contributed by atoms with Crippen LogP contribution in [0.5, 0.6) is 0 Å². The molecule has 1 aromatic heterocycles. The molecule has 10 heteroatoms. The monoisotopic (exact) mass is 421 g/mol. The molecule has 156 valence electrons. The molecule has 1 amide bonds. The van der Waals surface area contributed by atoms with Crippen LogP contribution in [0.15, 0.2) is 33.7 Å². The molecule has 2 heterocycles. The van der Waals surface area contributed by atoms with Gasteiger partial charge in [0.25, 0.3) is 0 Å². The molecule has 0 saturated carbocycles. The average Bonchev–Trinajstić information content (AvgIpc) is 3.05. The summed E-state index contributed by atoms with van der Waals surface area (Å²) in [5, 5.41) is 3.71. The quantitative estimate of drug-likeness (QED) is 0.699. The van der Waals surface area contributed by atoms with E-state index in [4.69, 9.17) is 15.0 Å². The first-order valence-corrected chi connectivity index (χ1v) is 10.6. The maximum atomic E-state index is 12.8. The van der Waals surface area contributed by atoms with Gasteiger partial charge in [-0.3, -0.25) is 9.59 Å². The first-order valence-electron chi connectivity index (χ1n) is 9.18. The van der Waals surface area contributed by atoms with Crippen LogP contribution in [0.4, 0.5) is 0 Å². The lowest BCUT2D eigenvalue weighted by atomic mass is 9.98. The molecule has 0 atom stereocenters. The van der Waals surface area contributed by atoms with Crippen molar-refractivity contribution in [2.75, 3.05) is 13.1 Å². The molecule has 0 radical (unpaired) electrons. The van der Waals surface area contributed by atoms with Gasteiger partial charge in [0.15, 0.2) is 5.76 Å². The highest BCUT2D eigenvalue weighted by molar-refractivity contribution is 7.89. The van der Waals surface area contributed by atoms with E-state index >= 15 is 0 Å². The number of ether oxygens (including phenoxy) is 1. The number of sulfonamides is 1. The van der Waals surface area contributed by atoms with E-state index in [1.54, 1.807) is 38.1 Å². The molecule has 1 aliphatic rings. The molecule has 3 rings (SSSR count). The standard InChI is InChI=1S/C19H23N3O6S/c1-12-17(13(2)28-21-12)29(25,26)22-8-6-15(7-9-22)19(24)27-11-14-4-3-5-16(10-14)18(20)23/h3-5,10,15H,6-9,11H2,1-2H3,(H2,20,23). The van der Waals surface area contributed by atoms with E-state index in [1.165, 1.54) is 4.31 Å². The van der Waals surface area contributed by atoms with Crippen molar-refractivity contribution in [2.24, 2.45) is 11.7 Å². The van der Waals surface area contributed by atoms with Gasteiger partial charge in [-0.2, -0.15) is 4.31 Å². The second kappa shape index (κ2) is 8.34. The van der Waals surface area contributed by atoms with Crippen molar-refractivity contribution >= 4 is 21.9 Å². The number of benzene rings is 1. The lowest BCUT2D eigenvalue weighted by Gasteiger charge is -2.30. The molecule has 9 nitrogen and oxygen atoms in total. The van der Waals surface area contributed by atoms with Crippen molar-refractivity contribution in [3.63, 3.8) is 0 Å². The lowest BCUT2D eigenvalue weighted by Crippen LogP contribution is -2.40. The molecule has 29 heavy (non-hydrogen) atoms. The predicted octanol–water partition coefficient (Wildman–Crippen LogP) is 1.53. The fourth-order valence-electron chi connectivity index (χ4n) is 3.39. The number of carbonyl (C=O) groups excluding carboxylic acids is 2. The van der Waals surface area contributed by atoms with Crippen molar-refractivity contribution in [1.29, 1.82) is 0 Å². The van der Waals surface area contributed by atoms with Gasteiger partial charge in [0.1, 0.15) is 17.2 Å². The highest BCUT2D eigenvalue weighted by Gasteiger charge is 2.35. The average molecular weight is 421 g/mol. The Morgan fingerprint density at radius 1 is 1.28 bits per heavy atom. The number of rotatable bonds is 6. The Morgan fingerprint density at radius 3 is 2.55 bits per heavy atom. The molecule has 0 aliphatic carbocycles. The van der Waals surface area contributed by atoms with E-state index in [9.17, 15) is 18.0 Å². The van der Waals surface area contributed by atoms with Gasteiger partial charge in [0, 0.05) is 18.7 Å². The first-order chi connectivity index (χ1) is 13.7. The van der Waals surface area contributed by atoms with Crippen LogP contribution in [-0.2, 0) is 26.2 Å². The fraction of sp³-hybridized carbons (Fsp3) is 0.421. The largest absolute Gasteiger partial charge is 0.461 e. The third-order valence-corrected chi connectivity index (χ3v) is 7.09. The number of nitrogens with two attached hydrogens (primary N) is 1. The van der Waals surface area contributed by atoms with E-state index in [1.807, 2.05) is 0 Å². The summed E-state index contributed by atoms with van der Waals surface area (Å²) in [4.78, 5) is 23.7. The highest BCUT2D eigenvalue weighted by Crippen LogP contribution is 2.28. The number of amides is 1. The van der Waals surface area contributed by atoms with Crippen LogP contribution in [0, 0.1) is 19.8 Å². The number of primary amides is 1. The Labute approximate surface area is 168 Å². The molecule has 2 N–H and O–H groups in total. The highest BCUT2D eigenvalue weighted by atomic mass is 32.2. The number of hydrogen-bond acceptors (Lipinski definition) is 7. The van der Waals surface area contributed by atoms with Crippen LogP contribution in [0.25, 0.3) is 0 Å². The lowest BCUT2D eigenvalue weighted by molar-refractivity contribution is -0.151. The van der Waals surface area contributed by atoms with Gasteiger partial charge >= 0.3 is 5.97 Å². The normalized spacial score (nSPS) is 15.9. The summed E-state index contributed by atoms with van der Waals surface area (Å²) in [6.07, 6.45) is 0.728. The number of piperidine rings is 1. The zero-order valence-electron chi connectivity index (χ0n) is 16.3. The number of aryl methyl sites for hydroxylation is 2. The third-order valence-electron chi connectivity index (χ3n) is 4.95. The van der Waals surface area contributed by atoms with E-state index in [2.05, 4.69) is 5.16 Å². The first kappa shape index (κ1) is 21.0. The molecule has 0 spiro atoms. The number of nitrogens with zero attached hydrogens (tertiary/aromatic N) is 2. The number of hydrogen-bond donors (Lipinski definition) is 1. The van der Waals surface area contributed by atoms with Crippen molar-refractivity contribution < 1.29 is 27.3 Å². The summed E-state index contributed by atoms with van der Waals surface area (Å²) < 4.78 is 37.3. The van der Waals surface area contributed by atoms with Crippen LogP contribution in [0.1, 0.15) is 40.2 Å². The topological polar surface area (TPSA) is 133 Å². The summed E-state index contributed by atoms with van der Waals surface area (Å²) in [5.74, 6) is -1.07. The van der Waals surface area contributed by atoms with Crippen molar-refractivity contribution in [1.82, 2.24) is 9.46 Å². The zero-order valence-corrected chi connectivity index (χ0v) is 17.1. The Kier molecular flexibility index (Phi) is 6.04. The fourth-order valence-corrected chi connectivity index (χ4v) is 5.15. The molecule has 1 saturated heterocycles. The number of carbonyl (C=O) groups is 2. The van der Waals surface area contributed by atoms with Crippen LogP contribution in [-0.4, -0.2) is 42.8 Å². The van der Waals surface area contributed by atoms with E-state index in [0.717, 1.165) is 0 Å². The predicted molar refractivity (Wildman–Crippen MR) is 102 cm³/mol. The van der Waals surface area contributed by atoms with Crippen LogP contribution in [0.2, 0.25) is 0 Å². The minimum absolute atomic E-state index is 0.0253. The van der Waals surface area contributed by atoms with Gasteiger partial charge in [-0.15, -0.1) is 0 Å². The van der Waals surface area contributed by atoms with Gasteiger partial charge < -0.3 is 15.0 Å². The van der Waals surface area contributed by atoms with Crippen LogP contribution >= 0.6 is 0 Å². The third kappa shape index (κ3) is 4.48. The van der Waals surface area contributed by atoms with Crippen molar-refractivity contribution in [3.8, 4) is 0 Å². The molecule has 1 aliphatic heterocycles. The van der Waals surface area contributed by atoms with Crippen LogP contribution in [0.3, 0.4) is 0 Å². The summed E-state index contributed by atoms with van der Waals surface area (Å²) in [6.45, 7) is 3.59. The van der Waals surface area contributed by atoms with Crippen molar-refractivity contribution in [2.45, 2.75) is 38.2 Å². The van der Waals surface area contributed by atoms with E-state index < -0.39 is 15.9 Å². The zero-order chi connectivity index (χ0) is 21.2. The summed E-state index contributed by atoms with van der Waals surface area (Å²) in [7, 11) is -3.72. The Balaban J connectivity index is 1.57. The SMILES string of the molecule is Cc1noc(C)c1S(=O)(=O)N1CCC(C(=O)OCc2cccc(C(N)=O)c2)CC1. The smallest absolute Gasteiger partial charge is 0.309 e. The minimum Gasteiger partial charge on any atom is -0.461 e. The molecule has 1 aromatic carbocycles. The van der Waals surface area contributed by atoms with Gasteiger partial charge in [0.2, 0.25) is 15.9 Å². The Hall–Kier alpha value is -2.72. The maximum Gasteiger partial charge on any atom is 0.309 e. The summed E-state index contributed by atoms with van der Waals surface area (Å²) in [6, 6.07) is 6.57. The maximum absolute atomic E-state index is 12.8. The second-order valence-corrected chi connectivity index (χ2v) is 8.88. The number of aromatic nitrogens is 1. The molecular weight excluding hydrogens is 398 g/mol. The van der Waals surface area contributed by atoms with Gasteiger partial charge in [-0.05, 0) is 44.4 Å².